The Morgan fingerprint density at radius 3 is 2.64 bits per heavy atom. The van der Waals surface area contributed by atoms with Crippen LogP contribution in [0.4, 0.5) is 0 Å². The third kappa shape index (κ3) is 2.66. The molecule has 14 heavy (non-hydrogen) atoms. The summed E-state index contributed by atoms with van der Waals surface area (Å²) >= 11 is 1.53. The Hall–Kier alpha value is 0.300. The molecule has 0 saturated carbocycles. The van der Waals surface area contributed by atoms with E-state index in [0.717, 1.165) is 15.7 Å². The van der Waals surface area contributed by atoms with E-state index in [0.29, 0.717) is 10.9 Å². The summed E-state index contributed by atoms with van der Waals surface area (Å²) in [6.07, 6.45) is 1.16. The molecule has 1 rings (SSSR count). The fourth-order valence-electron chi connectivity index (χ4n) is 1.60. The number of rotatable bonds is 4. The predicted octanol–water partition coefficient (Wildman–Crippen LogP) is 2.71. The standard InChI is InChI=1S/C6H5BrO2.C4H9.In/c1-4(3-7)5(2)6(8)9;1-3-4-2;/h1-2H,3H2,(H,8,9);3H,4H2,1-2H3;. The molecule has 1 atom stereocenters. The second kappa shape index (κ2) is 5.40. The SMILES string of the molecule is CC[CH](C)[In]1[CH]=C(CBr)C(C(=O)O)=[CH]1. The van der Waals surface area contributed by atoms with Gasteiger partial charge in [0.05, 0.1) is 0 Å². The van der Waals surface area contributed by atoms with E-state index in [2.05, 4.69) is 37.4 Å². The van der Waals surface area contributed by atoms with Gasteiger partial charge in [-0.25, -0.2) is 0 Å². The number of alkyl halides is 1. The Bertz CT molecular complexity index is 296. The predicted molar refractivity (Wildman–Crippen MR) is 63.1 cm³/mol. The van der Waals surface area contributed by atoms with Gasteiger partial charge in [-0.05, 0) is 0 Å². The fraction of sp³-hybridized carbons (Fsp3) is 0.500. The van der Waals surface area contributed by atoms with Gasteiger partial charge in [0, 0.05) is 0 Å². The van der Waals surface area contributed by atoms with Gasteiger partial charge >= 0.3 is 101 Å². The monoisotopic (exact) mass is 360 g/mol. The zero-order chi connectivity index (χ0) is 10.7. The van der Waals surface area contributed by atoms with Gasteiger partial charge in [0.1, 0.15) is 0 Å². The van der Waals surface area contributed by atoms with Gasteiger partial charge in [-0.2, -0.15) is 0 Å². The number of aliphatic carboxylic acids is 1. The summed E-state index contributed by atoms with van der Waals surface area (Å²) in [5.74, 6) is -0.766. The molecule has 1 aliphatic rings. The van der Waals surface area contributed by atoms with Gasteiger partial charge in [0.2, 0.25) is 0 Å². The summed E-state index contributed by atoms with van der Waals surface area (Å²) in [6, 6.07) is 0. The van der Waals surface area contributed by atoms with Crippen molar-refractivity contribution in [1.82, 2.24) is 0 Å². The van der Waals surface area contributed by atoms with Crippen LogP contribution in [0.25, 0.3) is 0 Å². The maximum absolute atomic E-state index is 10.9. The molecule has 0 fully saturated rings. The minimum absolute atomic E-state index is 0.558. The van der Waals surface area contributed by atoms with E-state index in [-0.39, 0.29) is 0 Å². The summed E-state index contributed by atoms with van der Waals surface area (Å²) in [4.78, 5) is 10.9. The minimum atomic E-state index is -1.81. The zero-order valence-corrected chi connectivity index (χ0v) is 13.3. The quantitative estimate of drug-likeness (QED) is 0.783. The molecule has 0 amide bonds. The number of hydrogen-bond acceptors (Lipinski definition) is 1. The van der Waals surface area contributed by atoms with Crippen molar-refractivity contribution >= 4 is 43.3 Å². The van der Waals surface area contributed by atoms with Gasteiger partial charge in [-0.15, -0.1) is 0 Å². The Labute approximate surface area is 101 Å². The van der Waals surface area contributed by atoms with E-state index in [9.17, 15) is 4.79 Å². The molecule has 0 aliphatic carbocycles. The van der Waals surface area contributed by atoms with Crippen LogP contribution in [0, 0.1) is 0 Å². The summed E-state index contributed by atoms with van der Waals surface area (Å²) in [5, 5.41) is 9.67. The number of halogens is 1. The molecular weight excluding hydrogens is 347 g/mol. The molecule has 0 aromatic carbocycles. The number of carboxylic acid groups (broad SMARTS) is 1. The summed E-state index contributed by atoms with van der Waals surface area (Å²) in [5.41, 5.74) is 1.56. The fourth-order valence-corrected chi connectivity index (χ4v) is 11.1. The molecule has 0 radical (unpaired) electrons. The zero-order valence-electron chi connectivity index (χ0n) is 8.46. The van der Waals surface area contributed by atoms with E-state index in [1.54, 1.807) is 0 Å². The first-order valence-corrected chi connectivity index (χ1v) is 11.6. The van der Waals surface area contributed by atoms with Gasteiger partial charge in [0.15, 0.2) is 0 Å². The topological polar surface area (TPSA) is 37.3 Å². The maximum atomic E-state index is 10.9. The molecule has 0 spiro atoms. The Kier molecular flexibility index (Phi) is 4.77. The van der Waals surface area contributed by atoms with Crippen LogP contribution in [-0.2, 0) is 4.79 Å². The number of carbonyl (C=O) groups is 1. The van der Waals surface area contributed by atoms with Crippen LogP contribution in [0.1, 0.15) is 20.3 Å². The Morgan fingerprint density at radius 1 is 1.64 bits per heavy atom. The van der Waals surface area contributed by atoms with Crippen LogP contribution < -0.4 is 0 Å². The van der Waals surface area contributed by atoms with Gasteiger partial charge in [0.25, 0.3) is 0 Å². The summed E-state index contributed by atoms with van der Waals surface area (Å²) in [6.45, 7) is 4.42. The van der Waals surface area contributed by atoms with Crippen LogP contribution in [0.2, 0.25) is 3.67 Å². The normalized spacial score (nSPS) is 17.8. The summed E-state index contributed by atoms with van der Waals surface area (Å²) < 4.78 is 5.07. The molecule has 1 aliphatic heterocycles. The molecule has 4 heteroatoms. The van der Waals surface area contributed by atoms with E-state index >= 15 is 0 Å². The van der Waals surface area contributed by atoms with Crippen molar-refractivity contribution < 1.29 is 9.90 Å². The van der Waals surface area contributed by atoms with Crippen molar-refractivity contribution in [3.8, 4) is 0 Å². The van der Waals surface area contributed by atoms with Crippen molar-refractivity contribution in [3.63, 3.8) is 0 Å². The van der Waals surface area contributed by atoms with Crippen molar-refractivity contribution in [2.45, 2.75) is 23.9 Å². The van der Waals surface area contributed by atoms with E-state index < -0.39 is 27.4 Å². The second-order valence-electron chi connectivity index (χ2n) is 3.67. The molecule has 1 unspecified atom stereocenters. The van der Waals surface area contributed by atoms with Crippen molar-refractivity contribution in [3.05, 3.63) is 18.8 Å². The van der Waals surface area contributed by atoms with E-state index in [4.69, 9.17) is 5.11 Å². The number of hydrogen-bond donors (Lipinski definition) is 1. The Balaban J connectivity index is 2.88. The van der Waals surface area contributed by atoms with Gasteiger partial charge in [-0.1, -0.05) is 0 Å². The molecule has 1 N–H and O–H groups in total. The molecule has 1 heterocycles. The molecule has 0 saturated heterocycles. The van der Waals surface area contributed by atoms with Gasteiger partial charge < -0.3 is 0 Å². The molecule has 76 valence electrons. The van der Waals surface area contributed by atoms with E-state index in [1.807, 2.05) is 0 Å². The first-order chi connectivity index (χ1) is 6.60. The molecule has 0 aromatic heterocycles. The van der Waals surface area contributed by atoms with Crippen LogP contribution in [-0.4, -0.2) is 37.8 Å². The van der Waals surface area contributed by atoms with Crippen LogP contribution in [0.15, 0.2) is 18.8 Å². The molecular formula is C10H14BrInO2. The van der Waals surface area contributed by atoms with Gasteiger partial charge in [-0.3, -0.25) is 0 Å². The third-order valence-corrected chi connectivity index (χ3v) is 12.8. The first-order valence-electron chi connectivity index (χ1n) is 4.82. The van der Waals surface area contributed by atoms with Crippen molar-refractivity contribution in [2.24, 2.45) is 0 Å². The van der Waals surface area contributed by atoms with Crippen LogP contribution in [0.3, 0.4) is 0 Å². The average Bonchev–Trinajstić information content (AvgIpc) is 2.60. The van der Waals surface area contributed by atoms with Crippen LogP contribution >= 0.6 is 15.9 Å². The Morgan fingerprint density at radius 2 is 2.29 bits per heavy atom. The molecule has 0 aromatic rings. The average molecular weight is 361 g/mol. The molecule has 0 bridgehead atoms. The first kappa shape index (κ1) is 12.4. The molecule has 2 nitrogen and oxygen atoms in total. The third-order valence-electron chi connectivity index (χ3n) is 2.77. The van der Waals surface area contributed by atoms with Crippen LogP contribution in [0.5, 0.6) is 0 Å². The van der Waals surface area contributed by atoms with Crippen molar-refractivity contribution in [2.75, 3.05) is 5.33 Å². The summed E-state index contributed by atoms with van der Waals surface area (Å²) in [7, 11) is 0. The van der Waals surface area contributed by atoms with Crippen molar-refractivity contribution in [1.29, 1.82) is 0 Å². The second-order valence-corrected chi connectivity index (χ2v) is 12.7. The van der Waals surface area contributed by atoms with E-state index in [1.165, 1.54) is 0 Å². The number of carboxylic acids is 1.